The Kier molecular flexibility index (Phi) is 6.33. The van der Waals surface area contributed by atoms with Gasteiger partial charge in [0.15, 0.2) is 11.5 Å². The zero-order valence-electron chi connectivity index (χ0n) is 18.9. The number of phenolic OH excluding ortho intramolecular Hbond substituents is 1. The first kappa shape index (κ1) is 24.1. The number of benzene rings is 2. The number of H-pyrrole nitrogens is 2. The maximum absolute atomic E-state index is 11.9. The molecule has 0 bridgehead atoms. The SMILES string of the molecule is COc1cc([C@@]2(c3ncc[nH]3)S[C@@H](c3c(/C(=N/O)C(=O)O)[nH]c4ccccc34)SC[C@@H]2O)ccc1O. The number of aliphatic carboxylic acids is 1. The molecule has 0 radical (unpaired) electrons. The van der Waals surface area contributed by atoms with Gasteiger partial charge in [0.25, 0.3) is 0 Å². The number of aliphatic hydroxyl groups is 1. The van der Waals surface area contributed by atoms with Crippen LogP contribution in [0.4, 0.5) is 0 Å². The summed E-state index contributed by atoms with van der Waals surface area (Å²) in [5, 5.41) is 44.7. The highest BCUT2D eigenvalue weighted by Gasteiger charge is 2.51. The number of imidazole rings is 1. The van der Waals surface area contributed by atoms with Crippen molar-refractivity contribution in [1.29, 1.82) is 0 Å². The summed E-state index contributed by atoms with van der Waals surface area (Å²) in [6, 6.07) is 12.2. The third-order valence-corrected chi connectivity index (χ3v) is 9.41. The smallest absolute Gasteiger partial charge is 0.360 e. The van der Waals surface area contributed by atoms with Crippen molar-refractivity contribution < 1.29 is 30.1 Å². The number of nitrogens with zero attached hydrogens (tertiary/aromatic N) is 2. The number of phenols is 1. The second-order valence-electron chi connectivity index (χ2n) is 8.07. The second kappa shape index (κ2) is 9.45. The molecule has 0 amide bonds. The third-order valence-electron chi connectivity index (χ3n) is 6.15. The van der Waals surface area contributed by atoms with Crippen molar-refractivity contribution in [3.05, 3.63) is 77.5 Å². The van der Waals surface area contributed by atoms with Gasteiger partial charge < -0.3 is 35.2 Å². The number of rotatable bonds is 6. The van der Waals surface area contributed by atoms with Crippen LogP contribution in [0.2, 0.25) is 0 Å². The zero-order valence-corrected chi connectivity index (χ0v) is 20.5. The molecule has 1 aliphatic heterocycles. The molecule has 186 valence electrons. The molecule has 0 spiro atoms. The third kappa shape index (κ3) is 3.77. The van der Waals surface area contributed by atoms with E-state index in [0.29, 0.717) is 28.2 Å². The molecule has 36 heavy (non-hydrogen) atoms. The lowest BCUT2D eigenvalue weighted by molar-refractivity contribution is -0.129. The number of methoxy groups -OCH3 is 1. The van der Waals surface area contributed by atoms with Gasteiger partial charge in [-0.2, -0.15) is 0 Å². The fourth-order valence-electron chi connectivity index (χ4n) is 4.50. The predicted octanol–water partition coefficient (Wildman–Crippen LogP) is 3.65. The number of oxime groups is 1. The van der Waals surface area contributed by atoms with E-state index in [1.807, 2.05) is 24.3 Å². The van der Waals surface area contributed by atoms with Crippen LogP contribution in [0.5, 0.6) is 11.5 Å². The molecule has 0 aliphatic carbocycles. The fourth-order valence-corrected chi connectivity index (χ4v) is 8.02. The van der Waals surface area contributed by atoms with Gasteiger partial charge in [0.2, 0.25) is 5.71 Å². The van der Waals surface area contributed by atoms with Gasteiger partial charge >= 0.3 is 5.97 Å². The Labute approximate surface area is 213 Å². The number of fused-ring (bicyclic) bond motifs is 1. The van der Waals surface area contributed by atoms with E-state index in [9.17, 15) is 25.3 Å². The van der Waals surface area contributed by atoms with Crippen LogP contribution in [0, 0.1) is 0 Å². The number of thioether (sulfide) groups is 2. The predicted molar refractivity (Wildman–Crippen MR) is 137 cm³/mol. The minimum Gasteiger partial charge on any atom is -0.504 e. The highest BCUT2D eigenvalue weighted by Crippen LogP contribution is 2.61. The molecule has 0 unspecified atom stereocenters. The highest BCUT2D eigenvalue weighted by molar-refractivity contribution is 8.17. The van der Waals surface area contributed by atoms with E-state index in [0.717, 1.165) is 5.39 Å². The molecule has 3 heterocycles. The Morgan fingerprint density at radius 1 is 1.28 bits per heavy atom. The number of carbonyl (C=O) groups is 1. The summed E-state index contributed by atoms with van der Waals surface area (Å²) in [7, 11) is 1.45. The van der Waals surface area contributed by atoms with Crippen molar-refractivity contribution in [1.82, 2.24) is 15.0 Å². The van der Waals surface area contributed by atoms with E-state index in [-0.39, 0.29) is 17.2 Å². The largest absolute Gasteiger partial charge is 0.504 e. The fraction of sp³-hybridized carbons (Fsp3) is 0.208. The first-order chi connectivity index (χ1) is 17.4. The van der Waals surface area contributed by atoms with Crippen molar-refractivity contribution in [2.24, 2.45) is 5.16 Å². The molecular formula is C24H22N4O6S2. The van der Waals surface area contributed by atoms with Gasteiger partial charge in [0.05, 0.1) is 23.5 Å². The van der Waals surface area contributed by atoms with Crippen LogP contribution in [0.1, 0.15) is 27.2 Å². The van der Waals surface area contributed by atoms with Gasteiger partial charge in [-0.25, -0.2) is 9.78 Å². The van der Waals surface area contributed by atoms with Gasteiger partial charge in [-0.3, -0.25) is 0 Å². The quantitative estimate of drug-likeness (QED) is 0.125. The summed E-state index contributed by atoms with van der Waals surface area (Å²) < 4.78 is 3.81. The van der Waals surface area contributed by atoms with Gasteiger partial charge in [0.1, 0.15) is 10.6 Å². The van der Waals surface area contributed by atoms with E-state index in [1.165, 1.54) is 36.7 Å². The normalized spacial score (nSPS) is 22.6. The molecule has 10 nitrogen and oxygen atoms in total. The Hall–Kier alpha value is -3.61. The standard InChI is InChI=1S/C24H22N4O6S2/c1-34-16-10-12(6-7-15(16)29)24(23-25-8-9-26-23)17(30)11-35-22(36-24)18-13-4-2-3-5-14(13)27-19(18)20(28-33)21(31)32/h2-10,17,22,27,29-30,33H,11H2,1H3,(H,25,26)(H,31,32)/b28-20-/t17-,22-,24+/m0/s1. The van der Waals surface area contributed by atoms with E-state index in [4.69, 9.17) is 4.74 Å². The molecule has 4 aromatic rings. The molecule has 1 fully saturated rings. The first-order valence-corrected chi connectivity index (χ1v) is 12.7. The average molecular weight is 527 g/mol. The lowest BCUT2D eigenvalue weighted by atomic mass is 9.91. The Bertz CT molecular complexity index is 1450. The molecule has 6 N–H and O–H groups in total. The van der Waals surface area contributed by atoms with Crippen molar-refractivity contribution in [2.45, 2.75) is 15.4 Å². The Morgan fingerprint density at radius 3 is 2.78 bits per heavy atom. The van der Waals surface area contributed by atoms with E-state index >= 15 is 0 Å². The molecule has 2 aromatic carbocycles. The summed E-state index contributed by atoms with van der Waals surface area (Å²) >= 11 is 2.83. The lowest BCUT2D eigenvalue weighted by Gasteiger charge is -2.43. The number of aromatic amines is 2. The topological polar surface area (TPSA) is 164 Å². The number of aliphatic hydroxyl groups excluding tert-OH is 1. The molecule has 12 heteroatoms. The van der Waals surface area contributed by atoms with E-state index in [1.54, 1.807) is 24.5 Å². The summed E-state index contributed by atoms with van der Waals surface area (Å²) in [5.41, 5.74) is 1.63. The molecule has 5 rings (SSSR count). The van der Waals surface area contributed by atoms with Gasteiger partial charge in [0, 0.05) is 34.6 Å². The second-order valence-corrected chi connectivity index (χ2v) is 10.9. The molecule has 1 saturated heterocycles. The Morgan fingerprint density at radius 2 is 2.08 bits per heavy atom. The molecule has 0 saturated carbocycles. The van der Waals surface area contributed by atoms with Crippen LogP contribution in [0.3, 0.4) is 0 Å². The summed E-state index contributed by atoms with van der Waals surface area (Å²) in [6.07, 6.45) is 2.36. The highest BCUT2D eigenvalue weighted by atomic mass is 32.2. The monoisotopic (exact) mass is 526 g/mol. The first-order valence-electron chi connectivity index (χ1n) is 10.8. The van der Waals surface area contributed by atoms with Gasteiger partial charge in [-0.15, -0.1) is 23.5 Å². The van der Waals surface area contributed by atoms with Crippen molar-refractivity contribution >= 4 is 46.1 Å². The van der Waals surface area contributed by atoms with Crippen LogP contribution < -0.4 is 4.74 Å². The van der Waals surface area contributed by atoms with Crippen LogP contribution >= 0.6 is 23.5 Å². The average Bonchev–Trinajstić information content (AvgIpc) is 3.54. The van der Waals surface area contributed by atoms with Crippen LogP contribution in [-0.2, 0) is 9.54 Å². The van der Waals surface area contributed by atoms with Crippen molar-refractivity contribution in [3.8, 4) is 11.5 Å². The Balaban J connectivity index is 1.72. The van der Waals surface area contributed by atoms with Crippen molar-refractivity contribution in [3.63, 3.8) is 0 Å². The maximum atomic E-state index is 11.9. The van der Waals surface area contributed by atoms with Crippen LogP contribution in [-0.4, -0.2) is 66.1 Å². The molecular weight excluding hydrogens is 504 g/mol. The summed E-state index contributed by atoms with van der Waals surface area (Å²) in [6.45, 7) is 0. The lowest BCUT2D eigenvalue weighted by Crippen LogP contribution is -2.43. The number of hydrogen-bond acceptors (Lipinski definition) is 9. The van der Waals surface area contributed by atoms with Crippen molar-refractivity contribution in [2.75, 3.05) is 12.9 Å². The number of hydrogen-bond donors (Lipinski definition) is 6. The number of ether oxygens (including phenoxy) is 1. The number of carboxylic acids is 1. The van der Waals surface area contributed by atoms with Gasteiger partial charge in [-0.05, 0) is 23.8 Å². The summed E-state index contributed by atoms with van der Waals surface area (Å²) in [5.74, 6) is -0.389. The molecule has 2 aromatic heterocycles. The molecule has 1 aliphatic rings. The summed E-state index contributed by atoms with van der Waals surface area (Å²) in [4.78, 5) is 22.6. The van der Waals surface area contributed by atoms with Crippen LogP contribution in [0.15, 0.2) is 60.0 Å². The number of aromatic hydroxyl groups is 1. The van der Waals surface area contributed by atoms with Crippen LogP contribution in [0.25, 0.3) is 10.9 Å². The minimum atomic E-state index is -1.38. The molecule has 3 atom stereocenters. The van der Waals surface area contributed by atoms with E-state index in [2.05, 4.69) is 20.1 Å². The maximum Gasteiger partial charge on any atom is 0.360 e. The number of aromatic nitrogens is 3. The minimum absolute atomic E-state index is 0.0405. The number of nitrogens with one attached hydrogen (secondary N) is 2. The number of carboxylic acid groups (broad SMARTS) is 1. The zero-order chi connectivity index (χ0) is 25.4. The van der Waals surface area contributed by atoms with Gasteiger partial charge in [-0.1, -0.05) is 29.4 Å². The number of para-hydroxylation sites is 1. The van der Waals surface area contributed by atoms with E-state index < -0.39 is 27.1 Å².